The van der Waals surface area contributed by atoms with Gasteiger partial charge in [0.2, 0.25) is 10.5 Å². The largest absolute Gasteiger partial charge is 0.529 e. The first kappa shape index (κ1) is 12.6. The fourth-order valence-electron chi connectivity index (χ4n) is 0.977. The molecule has 0 amide bonds. The second-order valence-corrected chi connectivity index (χ2v) is 3.41. The Hall–Kier alpha value is -0.353. The molecule has 0 atom stereocenters. The van der Waals surface area contributed by atoms with Crippen molar-refractivity contribution >= 4 is 16.5 Å². The van der Waals surface area contributed by atoms with Crippen molar-refractivity contribution in [1.29, 1.82) is 0 Å². The Morgan fingerprint density at radius 2 is 1.92 bits per heavy atom. The van der Waals surface area contributed by atoms with Gasteiger partial charge in [0, 0.05) is 19.6 Å². The van der Waals surface area contributed by atoms with E-state index in [0.29, 0.717) is 23.5 Å². The highest BCUT2D eigenvalue weighted by Crippen LogP contribution is 1.96. The van der Waals surface area contributed by atoms with Gasteiger partial charge in [0.25, 0.3) is 5.97 Å². The monoisotopic (exact) mass is 204 g/mol. The van der Waals surface area contributed by atoms with Crippen LogP contribution in [0.5, 0.6) is 0 Å². The lowest BCUT2D eigenvalue weighted by Gasteiger charge is -2.02. The maximum absolute atomic E-state index is 10.7. The Morgan fingerprint density at radius 3 is 2.54 bits per heavy atom. The van der Waals surface area contributed by atoms with Gasteiger partial charge in [-0.25, -0.2) is 0 Å². The van der Waals surface area contributed by atoms with E-state index in [1.54, 1.807) is 0 Å². The van der Waals surface area contributed by atoms with E-state index in [4.69, 9.17) is 4.74 Å². The van der Waals surface area contributed by atoms with Crippen molar-refractivity contribution in [3.63, 3.8) is 0 Å². The van der Waals surface area contributed by atoms with Gasteiger partial charge in [-0.05, 0) is 12.8 Å². The zero-order valence-corrected chi connectivity index (χ0v) is 10.7. The summed E-state index contributed by atoms with van der Waals surface area (Å²) >= 11 is 0. The number of hydrogen-bond donors (Lipinski definition) is 0. The van der Waals surface area contributed by atoms with Crippen molar-refractivity contribution in [2.24, 2.45) is 0 Å². The van der Waals surface area contributed by atoms with E-state index < -0.39 is 0 Å². The second kappa shape index (κ2) is 9.73. The van der Waals surface area contributed by atoms with Crippen LogP contribution in [-0.2, 0) is 14.0 Å². The Kier molecular flexibility index (Phi) is 9.47. The van der Waals surface area contributed by atoms with Crippen molar-refractivity contribution in [2.75, 3.05) is 13.2 Å². The second-order valence-electron chi connectivity index (χ2n) is 3.00. The van der Waals surface area contributed by atoms with E-state index in [1.807, 2.05) is 0 Å². The molecule has 0 fully saturated rings. The average molecular weight is 204 g/mol. The first-order chi connectivity index (χ1) is 6.31. The molecule has 0 saturated carbocycles. The van der Waals surface area contributed by atoms with Crippen LogP contribution in [0.15, 0.2) is 0 Å². The molecule has 0 aliphatic carbocycles. The van der Waals surface area contributed by atoms with E-state index >= 15 is 0 Å². The SMILES string of the molecule is CCCCCOCCCC(=O)O[SiH3]. The van der Waals surface area contributed by atoms with Gasteiger partial charge in [0.1, 0.15) is 0 Å². The summed E-state index contributed by atoms with van der Waals surface area (Å²) in [6.07, 6.45) is 4.85. The standard InChI is InChI=1S/C9H20O3Si/c1-2-3-4-7-11-8-5-6-9(10)12-13/h2-8H2,1,13H3. The number of ether oxygens (including phenoxy) is 1. The van der Waals surface area contributed by atoms with Gasteiger partial charge in [-0.1, -0.05) is 19.8 Å². The molecule has 0 aromatic carbocycles. The van der Waals surface area contributed by atoms with E-state index in [1.165, 1.54) is 12.8 Å². The summed E-state index contributed by atoms with van der Waals surface area (Å²) in [6, 6.07) is 0. The maximum Gasteiger partial charge on any atom is 0.291 e. The van der Waals surface area contributed by atoms with Crippen molar-refractivity contribution in [3.05, 3.63) is 0 Å². The van der Waals surface area contributed by atoms with Crippen LogP contribution < -0.4 is 0 Å². The number of carbonyl (C=O) groups excluding carboxylic acids is 1. The Morgan fingerprint density at radius 1 is 1.23 bits per heavy atom. The van der Waals surface area contributed by atoms with Gasteiger partial charge in [-0.15, -0.1) is 0 Å². The summed E-state index contributed by atoms with van der Waals surface area (Å²) in [5.74, 6) is -0.0937. The van der Waals surface area contributed by atoms with Crippen LogP contribution in [0.1, 0.15) is 39.0 Å². The van der Waals surface area contributed by atoms with Crippen LogP contribution in [0, 0.1) is 0 Å². The molecule has 4 heteroatoms. The van der Waals surface area contributed by atoms with E-state index in [0.717, 1.165) is 19.4 Å². The van der Waals surface area contributed by atoms with Crippen LogP contribution in [0.3, 0.4) is 0 Å². The first-order valence-corrected chi connectivity index (χ1v) is 5.77. The highest BCUT2D eigenvalue weighted by Gasteiger charge is 1.97. The molecule has 0 N–H and O–H groups in total. The number of rotatable bonds is 8. The highest BCUT2D eigenvalue weighted by atomic mass is 28.2. The summed E-state index contributed by atoms with van der Waals surface area (Å²) in [5, 5.41) is 0. The summed E-state index contributed by atoms with van der Waals surface area (Å²) in [4.78, 5) is 10.7. The zero-order chi connectivity index (χ0) is 9.94. The maximum atomic E-state index is 10.7. The summed E-state index contributed by atoms with van der Waals surface area (Å²) in [5.41, 5.74) is 0. The van der Waals surface area contributed by atoms with Gasteiger partial charge in [-0.3, -0.25) is 4.79 Å². The summed E-state index contributed by atoms with van der Waals surface area (Å²) < 4.78 is 9.97. The molecule has 0 aromatic rings. The first-order valence-electron chi connectivity index (χ1n) is 4.95. The van der Waals surface area contributed by atoms with Crippen LogP contribution >= 0.6 is 0 Å². The predicted octanol–water partition coefficient (Wildman–Crippen LogP) is 0.797. The van der Waals surface area contributed by atoms with Gasteiger partial charge in [-0.2, -0.15) is 0 Å². The van der Waals surface area contributed by atoms with Crippen molar-refractivity contribution in [2.45, 2.75) is 39.0 Å². The third-order valence-electron chi connectivity index (χ3n) is 1.79. The Bertz CT molecular complexity index is 128. The minimum absolute atomic E-state index is 0.0937. The fraction of sp³-hybridized carbons (Fsp3) is 0.889. The quantitative estimate of drug-likeness (QED) is 0.433. The molecule has 0 saturated heterocycles. The molecule has 0 aliphatic heterocycles. The highest BCUT2D eigenvalue weighted by molar-refractivity contribution is 6.05. The predicted molar refractivity (Wildman–Crippen MR) is 55.6 cm³/mol. The smallest absolute Gasteiger partial charge is 0.291 e. The van der Waals surface area contributed by atoms with Gasteiger partial charge in [0.15, 0.2) is 0 Å². The van der Waals surface area contributed by atoms with E-state index in [2.05, 4.69) is 11.3 Å². The normalized spacial score (nSPS) is 10.2. The molecule has 0 radical (unpaired) electrons. The molecule has 0 aromatic heterocycles. The lowest BCUT2D eigenvalue weighted by atomic mass is 10.3. The molecule has 0 bridgehead atoms. The van der Waals surface area contributed by atoms with Crippen LogP contribution in [0.2, 0.25) is 0 Å². The van der Waals surface area contributed by atoms with Crippen LogP contribution in [0.25, 0.3) is 0 Å². The molecule has 78 valence electrons. The lowest BCUT2D eigenvalue weighted by molar-refractivity contribution is -0.134. The summed E-state index contributed by atoms with van der Waals surface area (Å²) in [7, 11) is 0.503. The Labute approximate surface area is 83.3 Å². The van der Waals surface area contributed by atoms with Crippen molar-refractivity contribution < 1.29 is 14.0 Å². The number of unbranched alkanes of at least 4 members (excludes halogenated alkanes) is 2. The minimum Gasteiger partial charge on any atom is -0.529 e. The molecule has 0 rings (SSSR count). The molecule has 3 nitrogen and oxygen atoms in total. The van der Waals surface area contributed by atoms with E-state index in [-0.39, 0.29) is 5.97 Å². The number of carbonyl (C=O) groups is 1. The molecule has 0 spiro atoms. The van der Waals surface area contributed by atoms with Crippen molar-refractivity contribution in [3.8, 4) is 0 Å². The van der Waals surface area contributed by atoms with Crippen LogP contribution in [0.4, 0.5) is 0 Å². The lowest BCUT2D eigenvalue weighted by Crippen LogP contribution is -2.04. The zero-order valence-electron chi connectivity index (χ0n) is 8.67. The van der Waals surface area contributed by atoms with Crippen LogP contribution in [-0.4, -0.2) is 29.7 Å². The molecule has 0 aliphatic rings. The molecule has 13 heavy (non-hydrogen) atoms. The topological polar surface area (TPSA) is 35.5 Å². The molecule has 0 unspecified atom stereocenters. The third kappa shape index (κ3) is 9.56. The molecular formula is C9H20O3Si. The fourth-order valence-corrected chi connectivity index (χ4v) is 1.18. The van der Waals surface area contributed by atoms with Crippen molar-refractivity contribution in [1.82, 2.24) is 0 Å². The Balaban J connectivity index is 2.95. The average Bonchev–Trinajstić information content (AvgIpc) is 2.16. The van der Waals surface area contributed by atoms with Gasteiger partial charge >= 0.3 is 0 Å². The number of hydrogen-bond acceptors (Lipinski definition) is 3. The third-order valence-corrected chi connectivity index (χ3v) is 2.24. The molecule has 0 heterocycles. The minimum atomic E-state index is -0.0937. The summed E-state index contributed by atoms with van der Waals surface area (Å²) in [6.45, 7) is 3.67. The van der Waals surface area contributed by atoms with Gasteiger partial charge in [0.05, 0.1) is 0 Å². The molecular weight excluding hydrogens is 184 g/mol. The van der Waals surface area contributed by atoms with Gasteiger partial charge < -0.3 is 9.16 Å². The van der Waals surface area contributed by atoms with E-state index in [9.17, 15) is 4.79 Å².